The lowest BCUT2D eigenvalue weighted by molar-refractivity contribution is 0.00578. The van der Waals surface area contributed by atoms with Crippen LogP contribution in [0.2, 0.25) is 0 Å². The van der Waals surface area contributed by atoms with Gasteiger partial charge in [0.25, 0.3) is 0 Å². The van der Waals surface area contributed by atoms with E-state index in [1.807, 2.05) is 52.7 Å². The van der Waals surface area contributed by atoms with E-state index >= 15 is 0 Å². The van der Waals surface area contributed by atoms with Gasteiger partial charge in [-0.3, -0.25) is 4.98 Å². The van der Waals surface area contributed by atoms with Crippen LogP contribution in [0.5, 0.6) is 0 Å². The Balaban J connectivity index is 2.16. The topological polar surface area (TPSA) is 57.4 Å². The molecule has 0 amide bonds. The molecular weight excluding hydrogens is 251 g/mol. The van der Waals surface area contributed by atoms with Gasteiger partial charge in [-0.15, -0.1) is 0 Å². The Morgan fingerprint density at radius 3 is 2.40 bits per heavy atom. The van der Waals surface area contributed by atoms with E-state index in [4.69, 9.17) is 15.0 Å². The molecule has 0 aromatic carbocycles. The first-order valence-corrected chi connectivity index (χ1v) is 6.96. The zero-order valence-electron chi connectivity index (χ0n) is 12.9. The third-order valence-corrected chi connectivity index (χ3v) is 4.08. The largest absolute Gasteiger partial charge is 0.487 e. The zero-order valence-corrected chi connectivity index (χ0v) is 12.9. The fourth-order valence-electron chi connectivity index (χ4n) is 2.12. The highest BCUT2D eigenvalue weighted by atomic mass is 16.7. The molecule has 1 aliphatic rings. The number of hydrogen-bond donors (Lipinski definition) is 1. The molecule has 20 heavy (non-hydrogen) atoms. The number of nitrogens with zero attached hydrogens (tertiary/aromatic N) is 1. The zero-order chi connectivity index (χ0) is 15.0. The molecule has 2 rings (SSSR count). The molecule has 1 fully saturated rings. The molecule has 0 unspecified atom stereocenters. The van der Waals surface area contributed by atoms with Crippen LogP contribution in [0, 0.1) is 0 Å². The third kappa shape index (κ3) is 2.95. The van der Waals surface area contributed by atoms with Gasteiger partial charge >= 0.3 is 7.12 Å². The first kappa shape index (κ1) is 15.2. The van der Waals surface area contributed by atoms with Crippen LogP contribution in [-0.2, 0) is 9.31 Å². The van der Waals surface area contributed by atoms with Gasteiger partial charge in [-0.25, -0.2) is 0 Å². The van der Waals surface area contributed by atoms with Gasteiger partial charge < -0.3 is 15.0 Å². The minimum atomic E-state index is -0.346. The Bertz CT molecular complexity index is 496. The van der Waals surface area contributed by atoms with Crippen molar-refractivity contribution >= 4 is 13.2 Å². The summed E-state index contributed by atoms with van der Waals surface area (Å²) in [5, 5.41) is 0. The van der Waals surface area contributed by atoms with Crippen molar-refractivity contribution in [1.29, 1.82) is 0 Å². The molecule has 1 aromatic heterocycles. The Labute approximate surface area is 121 Å². The Morgan fingerprint density at radius 1 is 1.25 bits per heavy atom. The molecule has 0 radical (unpaired) electrons. The molecule has 0 aliphatic carbocycles. The second-order valence-electron chi connectivity index (χ2n) is 6.28. The molecule has 108 valence electrons. The standard InChI is InChI=1S/C15H23BN2O2/c1-11(17)13-7-9-18-10-12(13)6-8-16-19-14(2,3)15(4,5)20-16/h6-11H,17H2,1-5H3/b8-6+/t11-/m0/s1. The molecule has 2 N–H and O–H groups in total. The van der Waals surface area contributed by atoms with E-state index in [2.05, 4.69) is 4.98 Å². The number of aromatic nitrogens is 1. The van der Waals surface area contributed by atoms with Crippen molar-refractivity contribution in [3.63, 3.8) is 0 Å². The normalized spacial score (nSPS) is 22.4. The van der Waals surface area contributed by atoms with Gasteiger partial charge in [0.2, 0.25) is 0 Å². The van der Waals surface area contributed by atoms with Gasteiger partial charge in [0.05, 0.1) is 11.2 Å². The van der Waals surface area contributed by atoms with Crippen LogP contribution in [0.1, 0.15) is 51.8 Å². The van der Waals surface area contributed by atoms with Crippen LogP contribution in [0.4, 0.5) is 0 Å². The van der Waals surface area contributed by atoms with Crippen molar-refractivity contribution in [2.75, 3.05) is 0 Å². The van der Waals surface area contributed by atoms with Crippen LogP contribution >= 0.6 is 0 Å². The molecule has 0 bridgehead atoms. The Morgan fingerprint density at radius 2 is 1.85 bits per heavy atom. The van der Waals surface area contributed by atoms with Crippen LogP contribution in [0.25, 0.3) is 6.08 Å². The minimum absolute atomic E-state index is 0.0315. The molecule has 4 nitrogen and oxygen atoms in total. The quantitative estimate of drug-likeness (QED) is 0.861. The molecule has 2 heterocycles. The Kier molecular flexibility index (Phi) is 4.05. The first-order chi connectivity index (χ1) is 9.23. The molecule has 1 atom stereocenters. The highest BCUT2D eigenvalue weighted by Crippen LogP contribution is 2.37. The summed E-state index contributed by atoms with van der Waals surface area (Å²) in [6, 6.07) is 1.91. The lowest BCUT2D eigenvalue weighted by atomic mass is 9.88. The monoisotopic (exact) mass is 274 g/mol. The summed E-state index contributed by atoms with van der Waals surface area (Å²) in [5.41, 5.74) is 7.38. The number of hydrogen-bond acceptors (Lipinski definition) is 4. The second kappa shape index (κ2) is 5.32. The van der Waals surface area contributed by atoms with Crippen LogP contribution in [0.15, 0.2) is 24.4 Å². The van der Waals surface area contributed by atoms with Gasteiger partial charge in [-0.1, -0.05) is 12.1 Å². The molecule has 0 saturated carbocycles. The summed E-state index contributed by atoms with van der Waals surface area (Å²) in [6.45, 7) is 10.1. The van der Waals surface area contributed by atoms with Crippen molar-refractivity contribution in [3.05, 3.63) is 35.6 Å². The minimum Gasteiger partial charge on any atom is -0.400 e. The van der Waals surface area contributed by atoms with E-state index in [1.165, 1.54) is 0 Å². The van der Waals surface area contributed by atoms with Crippen molar-refractivity contribution < 1.29 is 9.31 Å². The predicted octanol–water partition coefficient (Wildman–Crippen LogP) is 2.75. The van der Waals surface area contributed by atoms with Gasteiger partial charge in [-0.05, 0) is 51.8 Å². The van der Waals surface area contributed by atoms with E-state index < -0.39 is 0 Å². The van der Waals surface area contributed by atoms with Gasteiger partial charge in [0.1, 0.15) is 0 Å². The Hall–Kier alpha value is -1.17. The van der Waals surface area contributed by atoms with E-state index in [9.17, 15) is 0 Å². The average molecular weight is 274 g/mol. The fourth-order valence-corrected chi connectivity index (χ4v) is 2.12. The summed E-state index contributed by atoms with van der Waals surface area (Å²) in [4.78, 5) is 4.14. The highest BCUT2D eigenvalue weighted by molar-refractivity contribution is 6.52. The molecule has 1 saturated heterocycles. The van der Waals surface area contributed by atoms with Crippen molar-refractivity contribution in [3.8, 4) is 0 Å². The average Bonchev–Trinajstić information content (AvgIpc) is 2.55. The van der Waals surface area contributed by atoms with E-state index in [0.29, 0.717) is 0 Å². The predicted molar refractivity (Wildman–Crippen MR) is 82.0 cm³/mol. The summed E-state index contributed by atoms with van der Waals surface area (Å²) in [6.07, 6.45) is 5.53. The smallest absolute Gasteiger partial charge is 0.400 e. The van der Waals surface area contributed by atoms with E-state index in [0.717, 1.165) is 11.1 Å². The molecular formula is C15H23BN2O2. The van der Waals surface area contributed by atoms with Crippen molar-refractivity contribution in [1.82, 2.24) is 4.98 Å². The molecule has 5 heteroatoms. The lowest BCUT2D eigenvalue weighted by Gasteiger charge is -2.32. The van der Waals surface area contributed by atoms with E-state index in [-0.39, 0.29) is 24.4 Å². The number of pyridine rings is 1. The first-order valence-electron chi connectivity index (χ1n) is 6.96. The maximum absolute atomic E-state index is 5.96. The fraction of sp³-hybridized carbons (Fsp3) is 0.533. The maximum atomic E-state index is 5.96. The third-order valence-electron chi connectivity index (χ3n) is 4.08. The van der Waals surface area contributed by atoms with Crippen LogP contribution in [-0.4, -0.2) is 23.3 Å². The molecule has 1 aliphatic heterocycles. The highest BCUT2D eigenvalue weighted by Gasteiger charge is 2.49. The molecule has 1 aromatic rings. The number of rotatable bonds is 3. The van der Waals surface area contributed by atoms with Crippen molar-refractivity contribution in [2.45, 2.75) is 51.9 Å². The summed E-state index contributed by atoms with van der Waals surface area (Å²) >= 11 is 0. The summed E-state index contributed by atoms with van der Waals surface area (Å²) in [7, 11) is -0.346. The lowest BCUT2D eigenvalue weighted by Crippen LogP contribution is -2.41. The molecule has 0 spiro atoms. The van der Waals surface area contributed by atoms with Crippen LogP contribution in [0.3, 0.4) is 0 Å². The van der Waals surface area contributed by atoms with Gasteiger partial charge in [0, 0.05) is 18.4 Å². The summed E-state index contributed by atoms with van der Waals surface area (Å²) < 4.78 is 11.9. The summed E-state index contributed by atoms with van der Waals surface area (Å²) in [5.74, 6) is 1.92. The maximum Gasteiger partial charge on any atom is 0.487 e. The number of nitrogens with two attached hydrogens (primary N) is 1. The van der Waals surface area contributed by atoms with Crippen molar-refractivity contribution in [2.24, 2.45) is 5.73 Å². The van der Waals surface area contributed by atoms with Crippen LogP contribution < -0.4 is 5.73 Å². The van der Waals surface area contributed by atoms with Gasteiger partial charge in [0.15, 0.2) is 0 Å². The SMILES string of the molecule is C[C@H](N)c1ccncc1/C=C/B1OC(C)(C)C(C)(C)O1. The van der Waals surface area contributed by atoms with E-state index in [1.54, 1.807) is 12.4 Å². The second-order valence-corrected chi connectivity index (χ2v) is 6.28. The van der Waals surface area contributed by atoms with Gasteiger partial charge in [-0.2, -0.15) is 0 Å².